The predicted molar refractivity (Wildman–Crippen MR) is 110 cm³/mol. The molecule has 3 aromatic rings. The first-order valence-corrected chi connectivity index (χ1v) is 8.93. The predicted octanol–water partition coefficient (Wildman–Crippen LogP) is 4.24. The van der Waals surface area contributed by atoms with Crippen molar-refractivity contribution in [1.29, 1.82) is 0 Å². The molecule has 0 bridgehead atoms. The van der Waals surface area contributed by atoms with Crippen LogP contribution in [-0.2, 0) is 10.2 Å². The van der Waals surface area contributed by atoms with Crippen molar-refractivity contribution in [2.24, 2.45) is 0 Å². The van der Waals surface area contributed by atoms with E-state index in [0.29, 0.717) is 16.9 Å². The Morgan fingerprint density at radius 3 is 2.39 bits per heavy atom. The number of carbonyl (C=O) groups excluding carboxylic acids is 2. The van der Waals surface area contributed by atoms with Gasteiger partial charge in [0, 0.05) is 33.9 Å². The maximum atomic E-state index is 12.5. The number of hydrogen-bond donors (Lipinski definition) is 4. The number of fused-ring (bicyclic) bond motifs is 1. The molecule has 2 aromatic carbocycles. The Labute approximate surface area is 163 Å². The zero-order chi connectivity index (χ0) is 20.3. The molecule has 0 aliphatic heterocycles. The largest absolute Gasteiger partial charge is 0.355 e. The Balaban J connectivity index is 1.75. The number of nitrogens with one attached hydrogen (secondary N) is 3. The molecule has 0 fully saturated rings. The van der Waals surface area contributed by atoms with E-state index in [4.69, 9.17) is 5.21 Å². The summed E-state index contributed by atoms with van der Waals surface area (Å²) in [4.78, 5) is 26.8. The summed E-state index contributed by atoms with van der Waals surface area (Å²) in [6.07, 6.45) is 2.77. The molecule has 144 valence electrons. The van der Waals surface area contributed by atoms with Crippen LogP contribution in [-0.4, -0.2) is 22.0 Å². The highest BCUT2D eigenvalue weighted by Crippen LogP contribution is 2.24. The lowest BCUT2D eigenvalue weighted by Gasteiger charge is -2.19. The van der Waals surface area contributed by atoms with Crippen LogP contribution < -0.4 is 10.8 Å². The highest BCUT2D eigenvalue weighted by molar-refractivity contribution is 6.05. The molecule has 6 heteroatoms. The monoisotopic (exact) mass is 377 g/mol. The normalized spacial score (nSPS) is 11.7. The van der Waals surface area contributed by atoms with Crippen LogP contribution in [0.5, 0.6) is 0 Å². The number of benzene rings is 2. The molecule has 4 N–H and O–H groups in total. The van der Waals surface area contributed by atoms with Crippen molar-refractivity contribution in [3.63, 3.8) is 0 Å². The molecule has 6 nitrogen and oxygen atoms in total. The molecule has 0 saturated heterocycles. The Morgan fingerprint density at radius 1 is 1.04 bits per heavy atom. The highest BCUT2D eigenvalue weighted by atomic mass is 16.5. The molecule has 28 heavy (non-hydrogen) atoms. The minimum atomic E-state index is -0.607. The number of rotatable bonds is 4. The summed E-state index contributed by atoms with van der Waals surface area (Å²) in [6, 6.07) is 15.0. The molecule has 0 atom stereocenters. The molecule has 1 aromatic heterocycles. The second-order valence-electron chi connectivity index (χ2n) is 7.62. The van der Waals surface area contributed by atoms with Gasteiger partial charge in [0.2, 0.25) is 0 Å². The molecule has 0 radical (unpaired) electrons. The molecular weight excluding hydrogens is 354 g/mol. The molecule has 2 amide bonds. The van der Waals surface area contributed by atoms with Crippen LogP contribution in [0.4, 0.5) is 5.69 Å². The van der Waals surface area contributed by atoms with Crippen molar-refractivity contribution >= 4 is 34.5 Å². The van der Waals surface area contributed by atoms with Gasteiger partial charge in [-0.15, -0.1) is 0 Å². The standard InChI is InChI=1S/C22H23N3O3/c1-22(2,3)16-6-4-14(5-7-16)21(27)24-18-8-10-19-15(13-18)12-17(23-19)9-11-20(26)25-28/h4-13,23,28H,1-3H3,(H,24,27)(H,25,26)/b11-9+. The lowest BCUT2D eigenvalue weighted by molar-refractivity contribution is -0.124. The number of H-pyrrole nitrogens is 1. The van der Waals surface area contributed by atoms with E-state index in [-0.39, 0.29) is 11.3 Å². The van der Waals surface area contributed by atoms with Crippen LogP contribution in [0, 0.1) is 0 Å². The summed E-state index contributed by atoms with van der Waals surface area (Å²) in [5, 5.41) is 12.3. The summed E-state index contributed by atoms with van der Waals surface area (Å²) in [7, 11) is 0. The van der Waals surface area contributed by atoms with E-state index in [1.165, 1.54) is 17.1 Å². The van der Waals surface area contributed by atoms with Gasteiger partial charge in [0.15, 0.2) is 0 Å². The van der Waals surface area contributed by atoms with E-state index in [1.807, 2.05) is 48.5 Å². The Hall–Kier alpha value is -3.38. The first kappa shape index (κ1) is 19.4. The van der Waals surface area contributed by atoms with Crippen molar-refractivity contribution in [3.8, 4) is 0 Å². The van der Waals surface area contributed by atoms with Gasteiger partial charge in [0.05, 0.1) is 0 Å². The third-order valence-corrected chi connectivity index (χ3v) is 4.44. The first-order chi connectivity index (χ1) is 13.3. The molecule has 1 heterocycles. The number of anilines is 1. The first-order valence-electron chi connectivity index (χ1n) is 8.93. The molecular formula is C22H23N3O3. The Bertz CT molecular complexity index is 1040. The van der Waals surface area contributed by atoms with E-state index >= 15 is 0 Å². The van der Waals surface area contributed by atoms with Gasteiger partial charge in [-0.1, -0.05) is 32.9 Å². The molecule has 0 aliphatic rings. The zero-order valence-electron chi connectivity index (χ0n) is 16.0. The molecule has 0 unspecified atom stereocenters. The molecule has 3 rings (SSSR count). The second kappa shape index (κ2) is 7.70. The quantitative estimate of drug-likeness (QED) is 0.311. The maximum Gasteiger partial charge on any atom is 0.267 e. The highest BCUT2D eigenvalue weighted by Gasteiger charge is 2.14. The summed E-state index contributed by atoms with van der Waals surface area (Å²) >= 11 is 0. The average Bonchev–Trinajstić information content (AvgIpc) is 3.07. The number of amides is 2. The van der Waals surface area contributed by atoms with E-state index in [2.05, 4.69) is 31.1 Å². The Morgan fingerprint density at radius 2 is 1.75 bits per heavy atom. The fourth-order valence-electron chi connectivity index (χ4n) is 2.85. The number of aromatic amines is 1. The van der Waals surface area contributed by atoms with Crippen molar-refractivity contribution < 1.29 is 14.8 Å². The third kappa shape index (κ3) is 4.47. The smallest absolute Gasteiger partial charge is 0.267 e. The van der Waals surface area contributed by atoms with Crippen molar-refractivity contribution in [3.05, 3.63) is 71.4 Å². The van der Waals surface area contributed by atoms with Gasteiger partial charge in [-0.3, -0.25) is 14.8 Å². The van der Waals surface area contributed by atoms with Crippen LogP contribution in [0.2, 0.25) is 0 Å². The minimum absolute atomic E-state index is 0.0400. The summed E-state index contributed by atoms with van der Waals surface area (Å²) < 4.78 is 0. The van der Waals surface area contributed by atoms with Crippen molar-refractivity contribution in [2.45, 2.75) is 26.2 Å². The minimum Gasteiger partial charge on any atom is -0.355 e. The van der Waals surface area contributed by atoms with Crippen LogP contribution in [0.15, 0.2) is 54.6 Å². The molecule has 0 spiro atoms. The van der Waals surface area contributed by atoms with E-state index < -0.39 is 5.91 Å². The van der Waals surface area contributed by atoms with Gasteiger partial charge in [-0.25, -0.2) is 5.48 Å². The van der Waals surface area contributed by atoms with Crippen molar-refractivity contribution in [1.82, 2.24) is 10.5 Å². The topological polar surface area (TPSA) is 94.2 Å². The van der Waals surface area contributed by atoms with Crippen LogP contribution >= 0.6 is 0 Å². The summed E-state index contributed by atoms with van der Waals surface area (Å²) in [5.41, 5.74) is 5.61. The number of hydroxylamine groups is 1. The average molecular weight is 377 g/mol. The SMILES string of the molecule is CC(C)(C)c1ccc(C(=O)Nc2ccc3[nH]c(/C=C/C(=O)NO)cc3c2)cc1. The van der Waals surface area contributed by atoms with Crippen molar-refractivity contribution in [2.75, 3.05) is 5.32 Å². The van der Waals surface area contributed by atoms with Gasteiger partial charge in [-0.2, -0.15) is 0 Å². The Kier molecular flexibility index (Phi) is 5.33. The maximum absolute atomic E-state index is 12.5. The lowest BCUT2D eigenvalue weighted by Crippen LogP contribution is -2.14. The fourth-order valence-corrected chi connectivity index (χ4v) is 2.85. The molecule has 0 saturated carbocycles. The number of hydrogen-bond acceptors (Lipinski definition) is 3. The number of carbonyl (C=O) groups is 2. The third-order valence-electron chi connectivity index (χ3n) is 4.44. The van der Waals surface area contributed by atoms with Crippen LogP contribution in [0.3, 0.4) is 0 Å². The molecule has 0 aliphatic carbocycles. The van der Waals surface area contributed by atoms with Crippen LogP contribution in [0.1, 0.15) is 42.4 Å². The fraction of sp³-hybridized carbons (Fsp3) is 0.182. The van der Waals surface area contributed by atoms with Gasteiger partial charge in [0.25, 0.3) is 11.8 Å². The van der Waals surface area contributed by atoms with E-state index in [1.54, 1.807) is 6.08 Å². The summed E-state index contributed by atoms with van der Waals surface area (Å²) in [5.74, 6) is -0.779. The number of aromatic nitrogens is 1. The van der Waals surface area contributed by atoms with Crippen LogP contribution in [0.25, 0.3) is 17.0 Å². The zero-order valence-corrected chi connectivity index (χ0v) is 16.0. The van der Waals surface area contributed by atoms with Gasteiger partial charge in [-0.05, 0) is 53.5 Å². The van der Waals surface area contributed by atoms with E-state index in [9.17, 15) is 9.59 Å². The van der Waals surface area contributed by atoms with Gasteiger partial charge >= 0.3 is 0 Å². The lowest BCUT2D eigenvalue weighted by atomic mass is 9.87. The van der Waals surface area contributed by atoms with E-state index in [0.717, 1.165) is 10.9 Å². The van der Waals surface area contributed by atoms with Gasteiger partial charge in [0.1, 0.15) is 0 Å². The van der Waals surface area contributed by atoms with Gasteiger partial charge < -0.3 is 10.3 Å². The summed E-state index contributed by atoms with van der Waals surface area (Å²) in [6.45, 7) is 6.40. The second-order valence-corrected chi connectivity index (χ2v) is 7.62.